The van der Waals surface area contributed by atoms with Crippen molar-refractivity contribution in [1.82, 2.24) is 9.80 Å². The molecular weight excluding hydrogens is 240 g/mol. The van der Waals surface area contributed by atoms with Crippen LogP contribution in [0.5, 0.6) is 11.5 Å². The van der Waals surface area contributed by atoms with Gasteiger partial charge in [-0.2, -0.15) is 0 Å². The largest absolute Gasteiger partial charge is 0.508 e. The molecule has 0 unspecified atom stereocenters. The maximum Gasteiger partial charge on any atom is 0.120 e. The molecule has 1 heterocycles. The Kier molecular flexibility index (Phi) is 4.66. The van der Waals surface area contributed by atoms with Crippen LogP contribution < -0.4 is 4.74 Å². The number of likely N-dealkylation sites (tertiary alicyclic amines) is 1. The van der Waals surface area contributed by atoms with Gasteiger partial charge >= 0.3 is 0 Å². The van der Waals surface area contributed by atoms with Gasteiger partial charge in [0.1, 0.15) is 11.5 Å². The van der Waals surface area contributed by atoms with Crippen molar-refractivity contribution in [1.29, 1.82) is 0 Å². The van der Waals surface area contributed by atoms with Crippen molar-refractivity contribution in [3.63, 3.8) is 0 Å². The summed E-state index contributed by atoms with van der Waals surface area (Å²) in [5.41, 5.74) is 0.947. The quantitative estimate of drug-likeness (QED) is 0.901. The average molecular weight is 264 g/mol. The lowest BCUT2D eigenvalue weighted by Gasteiger charge is -2.35. The number of methoxy groups -OCH3 is 1. The third-order valence-electron chi connectivity index (χ3n) is 3.97. The van der Waals surface area contributed by atoms with Gasteiger partial charge in [-0.05, 0) is 58.2 Å². The summed E-state index contributed by atoms with van der Waals surface area (Å²) in [6.07, 6.45) is 2.38. The third-order valence-corrected chi connectivity index (χ3v) is 3.97. The van der Waals surface area contributed by atoms with Crippen LogP contribution in [0.25, 0.3) is 0 Å². The second-order valence-corrected chi connectivity index (χ2v) is 5.47. The molecule has 1 aromatic rings. The van der Waals surface area contributed by atoms with Crippen LogP contribution in [0, 0.1) is 0 Å². The Bertz CT molecular complexity index is 413. The molecule has 4 nitrogen and oxygen atoms in total. The molecule has 0 aromatic heterocycles. The third kappa shape index (κ3) is 3.61. The zero-order valence-corrected chi connectivity index (χ0v) is 12.1. The maximum atomic E-state index is 9.91. The van der Waals surface area contributed by atoms with Crippen LogP contribution in [-0.2, 0) is 6.54 Å². The van der Waals surface area contributed by atoms with E-state index in [1.807, 2.05) is 6.07 Å². The molecule has 0 atom stereocenters. The van der Waals surface area contributed by atoms with Gasteiger partial charge in [-0.1, -0.05) is 0 Å². The van der Waals surface area contributed by atoms with Crippen molar-refractivity contribution in [2.75, 3.05) is 34.3 Å². The van der Waals surface area contributed by atoms with E-state index in [9.17, 15) is 5.11 Å². The lowest BCUT2D eigenvalue weighted by atomic mass is 10.0. The van der Waals surface area contributed by atoms with Crippen molar-refractivity contribution in [2.24, 2.45) is 0 Å². The minimum Gasteiger partial charge on any atom is -0.508 e. The first-order valence-corrected chi connectivity index (χ1v) is 6.85. The number of phenolic OH excluding ortho intramolecular Hbond substituents is 1. The van der Waals surface area contributed by atoms with E-state index in [0.29, 0.717) is 11.8 Å². The Morgan fingerprint density at radius 2 is 2.00 bits per heavy atom. The number of benzene rings is 1. The molecule has 19 heavy (non-hydrogen) atoms. The van der Waals surface area contributed by atoms with Crippen molar-refractivity contribution < 1.29 is 9.84 Å². The molecular formula is C15H24N2O2. The van der Waals surface area contributed by atoms with Crippen LogP contribution in [0.3, 0.4) is 0 Å². The highest BCUT2D eigenvalue weighted by atomic mass is 16.5. The standard InChI is InChI=1S/C15H24N2O2/c1-16(2)13-6-8-17(9-7-13)11-12-10-14(19-3)4-5-15(12)18/h4-5,10,13,18H,6-9,11H2,1-3H3. The van der Waals surface area contributed by atoms with E-state index >= 15 is 0 Å². The summed E-state index contributed by atoms with van der Waals surface area (Å²) in [6, 6.07) is 6.11. The summed E-state index contributed by atoms with van der Waals surface area (Å²) in [6.45, 7) is 2.96. The molecule has 1 N–H and O–H groups in total. The Labute approximate surface area is 115 Å². The average Bonchev–Trinajstić information content (AvgIpc) is 2.42. The highest BCUT2D eigenvalue weighted by Gasteiger charge is 2.21. The Morgan fingerprint density at radius 1 is 1.32 bits per heavy atom. The van der Waals surface area contributed by atoms with Gasteiger partial charge < -0.3 is 14.7 Å². The van der Waals surface area contributed by atoms with Gasteiger partial charge in [-0.15, -0.1) is 0 Å². The fourth-order valence-corrected chi connectivity index (χ4v) is 2.65. The predicted molar refractivity (Wildman–Crippen MR) is 76.6 cm³/mol. The molecule has 1 aromatic carbocycles. The van der Waals surface area contributed by atoms with Gasteiger partial charge in [-0.3, -0.25) is 4.90 Å². The molecule has 0 saturated carbocycles. The predicted octanol–water partition coefficient (Wildman–Crippen LogP) is 1.93. The number of hydrogen-bond donors (Lipinski definition) is 1. The van der Waals surface area contributed by atoms with Crippen molar-refractivity contribution in [3.05, 3.63) is 23.8 Å². The van der Waals surface area contributed by atoms with Gasteiger partial charge in [0.05, 0.1) is 7.11 Å². The topological polar surface area (TPSA) is 35.9 Å². The molecule has 0 bridgehead atoms. The van der Waals surface area contributed by atoms with Crippen LogP contribution in [0.2, 0.25) is 0 Å². The highest BCUT2D eigenvalue weighted by molar-refractivity contribution is 5.39. The van der Waals surface area contributed by atoms with E-state index in [1.165, 1.54) is 12.8 Å². The summed E-state index contributed by atoms with van der Waals surface area (Å²) in [4.78, 5) is 4.70. The van der Waals surface area contributed by atoms with Gasteiger partial charge in [0, 0.05) is 18.2 Å². The number of hydrogen-bond acceptors (Lipinski definition) is 4. The second-order valence-electron chi connectivity index (χ2n) is 5.47. The van der Waals surface area contributed by atoms with Crippen LogP contribution >= 0.6 is 0 Å². The molecule has 106 valence electrons. The summed E-state index contributed by atoms with van der Waals surface area (Å²) < 4.78 is 5.21. The number of ether oxygens (including phenoxy) is 1. The van der Waals surface area contributed by atoms with Crippen LogP contribution in [0.1, 0.15) is 18.4 Å². The van der Waals surface area contributed by atoms with Gasteiger partial charge in [0.2, 0.25) is 0 Å². The van der Waals surface area contributed by atoms with Gasteiger partial charge in [0.25, 0.3) is 0 Å². The van der Waals surface area contributed by atoms with Gasteiger partial charge in [-0.25, -0.2) is 0 Å². The molecule has 2 rings (SSSR count). The lowest BCUT2D eigenvalue weighted by molar-refractivity contribution is 0.139. The second kappa shape index (κ2) is 6.26. The van der Waals surface area contributed by atoms with E-state index in [-0.39, 0.29) is 0 Å². The Balaban J connectivity index is 1.95. The SMILES string of the molecule is COc1ccc(O)c(CN2CCC(N(C)C)CC2)c1. The molecule has 4 heteroatoms. The van der Waals surface area contributed by atoms with E-state index in [4.69, 9.17) is 4.74 Å². The number of aromatic hydroxyl groups is 1. The first-order valence-electron chi connectivity index (χ1n) is 6.85. The van der Waals surface area contributed by atoms with Crippen molar-refractivity contribution in [2.45, 2.75) is 25.4 Å². The number of piperidine rings is 1. The van der Waals surface area contributed by atoms with E-state index in [0.717, 1.165) is 30.9 Å². The smallest absolute Gasteiger partial charge is 0.120 e. The molecule has 1 saturated heterocycles. The fraction of sp³-hybridized carbons (Fsp3) is 0.600. The molecule has 0 spiro atoms. The number of rotatable bonds is 4. The molecule has 0 radical (unpaired) electrons. The summed E-state index contributed by atoms with van der Waals surface area (Å²) in [5, 5.41) is 9.91. The number of phenols is 1. The van der Waals surface area contributed by atoms with E-state index in [2.05, 4.69) is 23.9 Å². The zero-order valence-electron chi connectivity index (χ0n) is 12.1. The van der Waals surface area contributed by atoms with Crippen molar-refractivity contribution in [3.8, 4) is 11.5 Å². The molecule has 1 fully saturated rings. The maximum absolute atomic E-state index is 9.91. The molecule has 1 aliphatic rings. The fourth-order valence-electron chi connectivity index (χ4n) is 2.65. The van der Waals surface area contributed by atoms with E-state index < -0.39 is 0 Å². The summed E-state index contributed by atoms with van der Waals surface area (Å²) in [7, 11) is 5.95. The molecule has 0 amide bonds. The van der Waals surface area contributed by atoms with Crippen LogP contribution in [0.4, 0.5) is 0 Å². The Morgan fingerprint density at radius 3 is 2.58 bits per heavy atom. The Hall–Kier alpha value is -1.26. The van der Waals surface area contributed by atoms with E-state index in [1.54, 1.807) is 19.2 Å². The molecule has 1 aliphatic heterocycles. The monoisotopic (exact) mass is 264 g/mol. The van der Waals surface area contributed by atoms with Gasteiger partial charge in [0.15, 0.2) is 0 Å². The first kappa shape index (κ1) is 14.2. The number of nitrogens with zero attached hydrogens (tertiary/aromatic N) is 2. The highest BCUT2D eigenvalue weighted by Crippen LogP contribution is 2.25. The van der Waals surface area contributed by atoms with Crippen molar-refractivity contribution >= 4 is 0 Å². The molecule has 0 aliphatic carbocycles. The summed E-state index contributed by atoms with van der Waals surface area (Å²) in [5.74, 6) is 1.16. The first-order chi connectivity index (χ1) is 9.10. The summed E-state index contributed by atoms with van der Waals surface area (Å²) >= 11 is 0. The zero-order chi connectivity index (χ0) is 13.8. The van der Waals surface area contributed by atoms with Crippen LogP contribution in [0.15, 0.2) is 18.2 Å². The van der Waals surface area contributed by atoms with Crippen LogP contribution in [-0.4, -0.2) is 55.2 Å². The minimum atomic E-state index is 0.357. The lowest BCUT2D eigenvalue weighted by Crippen LogP contribution is -2.41. The minimum absolute atomic E-state index is 0.357. The normalized spacial score (nSPS) is 17.9.